The minimum atomic E-state index is -0.739. The largest absolute Gasteiger partial charge is 0.355 e. The standard InChI is InChI=1S/C25H32N6O3/c1-14-7-17(10-26)30(11-14)24(33)20(27)13-29-12-18-9-22(29)25(34)31(18)21-6-4-15-8-16(23(32)28-2)3-5-19(15)21/h3,5,8,14,17-18,20-22H,4,6-7,9,11-13,27H2,1-2H3,(H,28,32)/t14?,17?,18-,20?,21-,22?/m0/s1. The molecule has 9 heteroatoms. The first kappa shape index (κ1) is 22.8. The number of carbonyl (C=O) groups excluding carboxylic acids is 3. The van der Waals surface area contributed by atoms with Gasteiger partial charge in [0.1, 0.15) is 6.04 Å². The first-order chi connectivity index (χ1) is 16.3. The molecule has 3 saturated heterocycles. The lowest BCUT2D eigenvalue weighted by molar-refractivity contribution is -0.141. The number of nitriles is 1. The van der Waals surface area contributed by atoms with Gasteiger partial charge in [-0.05, 0) is 54.9 Å². The molecule has 3 amide bonds. The summed E-state index contributed by atoms with van der Waals surface area (Å²) in [6.45, 7) is 3.64. The van der Waals surface area contributed by atoms with Crippen LogP contribution in [0, 0.1) is 17.2 Å². The predicted octanol–water partition coefficient (Wildman–Crippen LogP) is 0.406. The van der Waals surface area contributed by atoms with Crippen LogP contribution in [0.2, 0.25) is 0 Å². The van der Waals surface area contributed by atoms with Crippen molar-refractivity contribution in [1.29, 1.82) is 5.26 Å². The Morgan fingerprint density at radius 3 is 2.76 bits per heavy atom. The van der Waals surface area contributed by atoms with Crippen molar-refractivity contribution < 1.29 is 14.4 Å². The van der Waals surface area contributed by atoms with Gasteiger partial charge in [0.05, 0.1) is 24.2 Å². The number of fused-ring (bicyclic) bond motifs is 3. The Morgan fingerprint density at radius 2 is 2.06 bits per heavy atom. The molecule has 34 heavy (non-hydrogen) atoms. The smallest absolute Gasteiger partial charge is 0.251 e. The van der Waals surface area contributed by atoms with E-state index in [2.05, 4.69) is 16.3 Å². The molecule has 4 unspecified atom stereocenters. The fourth-order valence-corrected chi connectivity index (χ4v) is 6.42. The number of rotatable bonds is 5. The fraction of sp³-hybridized carbons (Fsp3) is 0.600. The van der Waals surface area contributed by atoms with Crippen molar-refractivity contribution in [2.24, 2.45) is 11.7 Å². The zero-order valence-electron chi connectivity index (χ0n) is 19.7. The number of hydrogen-bond acceptors (Lipinski definition) is 6. The number of nitrogens with one attached hydrogen (secondary N) is 1. The van der Waals surface area contributed by atoms with Gasteiger partial charge in [-0.1, -0.05) is 13.0 Å². The van der Waals surface area contributed by atoms with E-state index in [0.29, 0.717) is 37.5 Å². The van der Waals surface area contributed by atoms with E-state index in [9.17, 15) is 19.6 Å². The molecular formula is C25H32N6O3. The third kappa shape index (κ3) is 3.65. The first-order valence-electron chi connectivity index (χ1n) is 12.2. The molecule has 0 radical (unpaired) electrons. The third-order valence-corrected chi connectivity index (χ3v) is 8.02. The van der Waals surface area contributed by atoms with E-state index in [1.807, 2.05) is 30.0 Å². The number of hydrogen-bond donors (Lipinski definition) is 2. The number of likely N-dealkylation sites (tertiary alicyclic amines) is 3. The average molecular weight is 465 g/mol. The summed E-state index contributed by atoms with van der Waals surface area (Å²) in [6.07, 6.45) is 3.15. The summed E-state index contributed by atoms with van der Waals surface area (Å²) in [5.74, 6) is 0.0995. The van der Waals surface area contributed by atoms with E-state index < -0.39 is 12.1 Å². The summed E-state index contributed by atoms with van der Waals surface area (Å²) >= 11 is 0. The van der Waals surface area contributed by atoms with E-state index in [-0.39, 0.29) is 35.8 Å². The molecule has 180 valence electrons. The molecule has 5 rings (SSSR count). The molecule has 0 saturated carbocycles. The van der Waals surface area contributed by atoms with Crippen molar-refractivity contribution in [2.45, 2.75) is 62.8 Å². The minimum absolute atomic E-state index is 0.0381. The normalized spacial score (nSPS) is 31.0. The molecule has 3 fully saturated rings. The topological polar surface area (TPSA) is 123 Å². The van der Waals surface area contributed by atoms with Crippen LogP contribution in [0.3, 0.4) is 0 Å². The number of benzene rings is 1. The second kappa shape index (κ2) is 8.67. The number of carbonyl (C=O) groups is 3. The van der Waals surface area contributed by atoms with Crippen LogP contribution in [0.15, 0.2) is 18.2 Å². The molecule has 1 aliphatic carbocycles. The van der Waals surface area contributed by atoms with Crippen LogP contribution in [0.1, 0.15) is 53.7 Å². The molecule has 0 spiro atoms. The second-order valence-electron chi connectivity index (χ2n) is 10.2. The van der Waals surface area contributed by atoms with Crippen LogP contribution >= 0.6 is 0 Å². The molecule has 1 aromatic carbocycles. The maximum atomic E-state index is 13.4. The van der Waals surface area contributed by atoms with Gasteiger partial charge in [0.25, 0.3) is 5.91 Å². The molecule has 2 bridgehead atoms. The highest BCUT2D eigenvalue weighted by Crippen LogP contribution is 2.44. The first-order valence-corrected chi connectivity index (χ1v) is 12.2. The van der Waals surface area contributed by atoms with Crippen LogP contribution in [0.4, 0.5) is 0 Å². The lowest BCUT2D eigenvalue weighted by Gasteiger charge is -2.38. The Labute approximate surface area is 199 Å². The highest BCUT2D eigenvalue weighted by atomic mass is 16.2. The third-order valence-electron chi connectivity index (χ3n) is 8.02. The molecule has 1 aromatic rings. The van der Waals surface area contributed by atoms with Gasteiger partial charge in [0.2, 0.25) is 11.8 Å². The molecule has 3 aliphatic heterocycles. The van der Waals surface area contributed by atoms with Crippen molar-refractivity contribution in [3.8, 4) is 6.07 Å². The monoisotopic (exact) mass is 464 g/mol. The Balaban J connectivity index is 1.24. The fourth-order valence-electron chi connectivity index (χ4n) is 6.42. The van der Waals surface area contributed by atoms with E-state index in [4.69, 9.17) is 5.73 Å². The Bertz CT molecular complexity index is 1070. The zero-order chi connectivity index (χ0) is 24.1. The Hall–Kier alpha value is -2.96. The van der Waals surface area contributed by atoms with Crippen LogP contribution in [-0.4, -0.2) is 83.3 Å². The van der Waals surface area contributed by atoms with E-state index >= 15 is 0 Å². The number of piperazine rings is 1. The SMILES string of the molecule is CNC(=O)c1ccc2c(c1)CC[C@@H]2N1C(=O)C2C[C@H]1CN2CC(N)C(=O)N1CC(C)CC1C#N. The highest BCUT2D eigenvalue weighted by molar-refractivity contribution is 5.94. The van der Waals surface area contributed by atoms with Crippen molar-refractivity contribution in [3.05, 3.63) is 34.9 Å². The second-order valence-corrected chi connectivity index (χ2v) is 10.2. The lowest BCUT2D eigenvalue weighted by Crippen LogP contribution is -2.56. The van der Waals surface area contributed by atoms with Gasteiger partial charge in [-0.3, -0.25) is 19.3 Å². The minimum Gasteiger partial charge on any atom is -0.355 e. The van der Waals surface area contributed by atoms with Crippen LogP contribution < -0.4 is 11.1 Å². The molecule has 3 N–H and O–H groups in total. The van der Waals surface area contributed by atoms with E-state index in [1.165, 1.54) is 0 Å². The van der Waals surface area contributed by atoms with Crippen LogP contribution in [-0.2, 0) is 16.0 Å². The zero-order valence-corrected chi connectivity index (χ0v) is 19.7. The summed E-state index contributed by atoms with van der Waals surface area (Å²) in [7, 11) is 1.62. The highest BCUT2D eigenvalue weighted by Gasteiger charge is 2.53. The van der Waals surface area contributed by atoms with Gasteiger partial charge in [-0.15, -0.1) is 0 Å². The van der Waals surface area contributed by atoms with Crippen molar-refractivity contribution in [2.75, 3.05) is 26.7 Å². The maximum absolute atomic E-state index is 13.4. The number of nitrogens with two attached hydrogens (primary N) is 1. The lowest BCUT2D eigenvalue weighted by atomic mass is 10.0. The summed E-state index contributed by atoms with van der Waals surface area (Å²) in [6, 6.07) is 6.73. The maximum Gasteiger partial charge on any atom is 0.251 e. The van der Waals surface area contributed by atoms with Gasteiger partial charge in [-0.25, -0.2) is 0 Å². The van der Waals surface area contributed by atoms with Gasteiger partial charge in [0.15, 0.2) is 0 Å². The van der Waals surface area contributed by atoms with Crippen molar-refractivity contribution in [1.82, 2.24) is 20.0 Å². The van der Waals surface area contributed by atoms with Gasteiger partial charge < -0.3 is 20.9 Å². The molecular weight excluding hydrogens is 432 g/mol. The van der Waals surface area contributed by atoms with Gasteiger partial charge in [0, 0.05) is 38.3 Å². The summed E-state index contributed by atoms with van der Waals surface area (Å²) in [4.78, 5) is 44.0. The molecule has 6 atom stereocenters. The summed E-state index contributed by atoms with van der Waals surface area (Å²) < 4.78 is 0. The predicted molar refractivity (Wildman–Crippen MR) is 124 cm³/mol. The van der Waals surface area contributed by atoms with Crippen LogP contribution in [0.5, 0.6) is 0 Å². The number of amides is 3. The van der Waals surface area contributed by atoms with Crippen LogP contribution in [0.25, 0.3) is 0 Å². The summed E-state index contributed by atoms with van der Waals surface area (Å²) in [5, 5.41) is 12.0. The molecule has 4 aliphatic rings. The van der Waals surface area contributed by atoms with E-state index in [1.54, 1.807) is 11.9 Å². The Kier molecular flexibility index (Phi) is 5.82. The number of aryl methyl sites for hydroxylation is 1. The average Bonchev–Trinajstić information content (AvgIpc) is 3.59. The number of nitrogens with zero attached hydrogens (tertiary/aromatic N) is 4. The Morgan fingerprint density at radius 1 is 1.26 bits per heavy atom. The molecule has 9 nitrogen and oxygen atoms in total. The van der Waals surface area contributed by atoms with E-state index in [0.717, 1.165) is 30.4 Å². The molecule has 0 aromatic heterocycles. The van der Waals surface area contributed by atoms with Gasteiger partial charge >= 0.3 is 0 Å². The quantitative estimate of drug-likeness (QED) is 0.651. The van der Waals surface area contributed by atoms with Crippen molar-refractivity contribution >= 4 is 17.7 Å². The van der Waals surface area contributed by atoms with Crippen molar-refractivity contribution in [3.63, 3.8) is 0 Å². The summed E-state index contributed by atoms with van der Waals surface area (Å²) in [5.41, 5.74) is 9.21. The van der Waals surface area contributed by atoms with Gasteiger partial charge in [-0.2, -0.15) is 5.26 Å². The molecule has 3 heterocycles.